The average Bonchev–Trinajstić information content (AvgIpc) is 2.34. The number of rotatable bonds is 3. The highest BCUT2D eigenvalue weighted by Crippen LogP contribution is 2.26. The minimum Gasteiger partial charge on any atom is -0.478 e. The lowest BCUT2D eigenvalue weighted by Gasteiger charge is -2.03. The Bertz CT molecular complexity index is 587. The molecule has 1 N–H and O–H groups in total. The molecule has 0 fully saturated rings. The Kier molecular flexibility index (Phi) is 3.98. The molecule has 0 aliphatic carbocycles. The van der Waals surface area contributed by atoms with Crippen molar-refractivity contribution in [3.63, 3.8) is 0 Å². The number of halogens is 1. The smallest absolute Gasteiger partial charge is 0.337 e. The fourth-order valence-corrected chi connectivity index (χ4v) is 2.25. The number of carboxylic acid groups (broad SMARTS) is 1. The molecule has 2 aromatic rings. The van der Waals surface area contributed by atoms with Crippen molar-refractivity contribution in [3.05, 3.63) is 46.2 Å². The Morgan fingerprint density at radius 1 is 1.28 bits per heavy atom. The van der Waals surface area contributed by atoms with Crippen LogP contribution in [-0.4, -0.2) is 21.0 Å². The van der Waals surface area contributed by atoms with Gasteiger partial charge in [-0.25, -0.2) is 14.8 Å². The molecule has 4 nitrogen and oxygen atoms in total. The van der Waals surface area contributed by atoms with Gasteiger partial charge >= 0.3 is 5.97 Å². The second kappa shape index (κ2) is 5.49. The molecule has 0 saturated heterocycles. The number of carboxylic acids is 1. The second-order valence-electron chi connectivity index (χ2n) is 3.51. The summed E-state index contributed by atoms with van der Waals surface area (Å²) in [5.74, 6) is -0.975. The number of pyridine rings is 2. The van der Waals surface area contributed by atoms with E-state index >= 15 is 0 Å². The molecule has 0 bridgehead atoms. The van der Waals surface area contributed by atoms with E-state index in [-0.39, 0.29) is 5.56 Å². The van der Waals surface area contributed by atoms with Gasteiger partial charge in [0.05, 0.1) is 11.3 Å². The number of aryl methyl sites for hydroxylation is 1. The van der Waals surface area contributed by atoms with Gasteiger partial charge in [0.15, 0.2) is 0 Å². The van der Waals surface area contributed by atoms with Crippen molar-refractivity contribution in [2.45, 2.75) is 17.0 Å². The zero-order valence-corrected chi connectivity index (χ0v) is 11.8. The lowest BCUT2D eigenvalue weighted by Crippen LogP contribution is -1.96. The molecule has 0 aromatic carbocycles. The van der Waals surface area contributed by atoms with Crippen molar-refractivity contribution in [2.75, 3.05) is 0 Å². The maximum atomic E-state index is 10.7. The average molecular weight is 325 g/mol. The van der Waals surface area contributed by atoms with Crippen molar-refractivity contribution in [1.29, 1.82) is 0 Å². The van der Waals surface area contributed by atoms with Crippen LogP contribution in [0.2, 0.25) is 0 Å². The number of carbonyl (C=O) groups is 1. The molecule has 6 heteroatoms. The van der Waals surface area contributed by atoms with Gasteiger partial charge in [-0.1, -0.05) is 11.8 Å². The second-order valence-corrected chi connectivity index (χ2v) is 5.40. The van der Waals surface area contributed by atoms with E-state index in [1.54, 1.807) is 6.07 Å². The molecular weight excluding hydrogens is 316 g/mol. The topological polar surface area (TPSA) is 63.1 Å². The van der Waals surface area contributed by atoms with Crippen molar-refractivity contribution in [3.8, 4) is 0 Å². The third-order valence-corrected chi connectivity index (χ3v) is 3.91. The molecule has 2 heterocycles. The van der Waals surface area contributed by atoms with Crippen molar-refractivity contribution >= 4 is 33.7 Å². The number of aromatic nitrogens is 2. The van der Waals surface area contributed by atoms with E-state index in [9.17, 15) is 4.79 Å². The van der Waals surface area contributed by atoms with Crippen molar-refractivity contribution in [1.82, 2.24) is 9.97 Å². The lowest BCUT2D eigenvalue weighted by atomic mass is 10.3. The SMILES string of the molecule is Cc1nc(Sc2ccc(C(=O)O)cn2)ccc1Br. The Labute approximate surface area is 117 Å². The normalized spacial score (nSPS) is 10.3. The molecule has 0 aliphatic rings. The van der Waals surface area contributed by atoms with E-state index in [4.69, 9.17) is 5.11 Å². The summed E-state index contributed by atoms with van der Waals surface area (Å²) in [7, 11) is 0. The summed E-state index contributed by atoms with van der Waals surface area (Å²) in [5.41, 5.74) is 1.08. The molecule has 2 rings (SSSR count). The summed E-state index contributed by atoms with van der Waals surface area (Å²) in [4.78, 5) is 19.2. The van der Waals surface area contributed by atoms with Crippen LogP contribution in [0.1, 0.15) is 16.1 Å². The minimum atomic E-state index is -0.975. The minimum absolute atomic E-state index is 0.180. The van der Waals surface area contributed by atoms with Gasteiger partial charge in [-0.05, 0) is 47.1 Å². The van der Waals surface area contributed by atoms with Gasteiger partial charge in [-0.3, -0.25) is 0 Å². The van der Waals surface area contributed by atoms with Crippen LogP contribution in [0.3, 0.4) is 0 Å². The first-order valence-electron chi connectivity index (χ1n) is 5.06. The Balaban J connectivity index is 2.18. The van der Waals surface area contributed by atoms with E-state index < -0.39 is 5.97 Å². The van der Waals surface area contributed by atoms with E-state index in [0.29, 0.717) is 5.03 Å². The largest absolute Gasteiger partial charge is 0.478 e. The van der Waals surface area contributed by atoms with Crippen molar-refractivity contribution in [2.24, 2.45) is 0 Å². The zero-order valence-electron chi connectivity index (χ0n) is 9.42. The summed E-state index contributed by atoms with van der Waals surface area (Å²) in [5, 5.41) is 10.3. The van der Waals surface area contributed by atoms with Gasteiger partial charge < -0.3 is 5.11 Å². The highest BCUT2D eigenvalue weighted by Gasteiger charge is 2.05. The highest BCUT2D eigenvalue weighted by atomic mass is 79.9. The van der Waals surface area contributed by atoms with E-state index in [1.165, 1.54) is 24.0 Å². The van der Waals surface area contributed by atoms with Crippen LogP contribution in [0.25, 0.3) is 0 Å². The van der Waals surface area contributed by atoms with Crippen LogP contribution < -0.4 is 0 Å². The monoisotopic (exact) mass is 324 g/mol. The fraction of sp³-hybridized carbons (Fsp3) is 0.0833. The first-order valence-corrected chi connectivity index (χ1v) is 6.67. The molecular formula is C12H9BrN2O2S. The first kappa shape index (κ1) is 13.0. The Morgan fingerprint density at radius 2 is 2.00 bits per heavy atom. The summed E-state index contributed by atoms with van der Waals surface area (Å²) >= 11 is 4.78. The van der Waals surface area contributed by atoms with Gasteiger partial charge in [0.25, 0.3) is 0 Å². The summed E-state index contributed by atoms with van der Waals surface area (Å²) < 4.78 is 0.959. The van der Waals surface area contributed by atoms with Gasteiger partial charge in [0.2, 0.25) is 0 Å². The molecule has 0 amide bonds. The summed E-state index contributed by atoms with van der Waals surface area (Å²) in [6.45, 7) is 1.91. The lowest BCUT2D eigenvalue weighted by molar-refractivity contribution is 0.0696. The Hall–Kier alpha value is -1.40. The number of nitrogens with zero attached hydrogens (tertiary/aromatic N) is 2. The van der Waals surface area contributed by atoms with Gasteiger partial charge in [0.1, 0.15) is 10.1 Å². The quantitative estimate of drug-likeness (QED) is 0.937. The van der Waals surface area contributed by atoms with Gasteiger partial charge in [-0.15, -0.1) is 0 Å². The van der Waals surface area contributed by atoms with E-state index in [2.05, 4.69) is 25.9 Å². The first-order chi connectivity index (χ1) is 8.56. The summed E-state index contributed by atoms with van der Waals surface area (Å²) in [6.07, 6.45) is 1.34. The predicted octanol–water partition coefficient (Wildman–Crippen LogP) is 3.40. The number of hydrogen-bond acceptors (Lipinski definition) is 4. The molecule has 0 atom stereocenters. The molecule has 0 radical (unpaired) electrons. The fourth-order valence-electron chi connectivity index (χ4n) is 1.25. The standard InChI is InChI=1S/C12H9BrN2O2S/c1-7-9(13)3-5-11(15-7)18-10-4-2-8(6-14-10)12(16)17/h2-6H,1H3,(H,16,17). The summed E-state index contributed by atoms with van der Waals surface area (Å²) in [6, 6.07) is 7.02. The molecule has 18 heavy (non-hydrogen) atoms. The molecule has 2 aromatic heterocycles. The number of aromatic carboxylic acids is 1. The van der Waals surface area contributed by atoms with Crippen LogP contribution >= 0.6 is 27.7 Å². The van der Waals surface area contributed by atoms with Crippen LogP contribution in [0.15, 0.2) is 45.0 Å². The van der Waals surface area contributed by atoms with Crippen LogP contribution in [0.4, 0.5) is 0 Å². The molecule has 0 unspecified atom stereocenters. The number of hydrogen-bond donors (Lipinski definition) is 1. The van der Waals surface area contributed by atoms with Crippen LogP contribution in [0.5, 0.6) is 0 Å². The van der Waals surface area contributed by atoms with Gasteiger partial charge in [0, 0.05) is 10.7 Å². The van der Waals surface area contributed by atoms with Crippen molar-refractivity contribution < 1.29 is 9.90 Å². The highest BCUT2D eigenvalue weighted by molar-refractivity contribution is 9.10. The Morgan fingerprint density at radius 3 is 2.56 bits per heavy atom. The predicted molar refractivity (Wildman–Crippen MR) is 72.0 cm³/mol. The molecule has 92 valence electrons. The molecule has 0 spiro atoms. The van der Waals surface area contributed by atoms with Crippen LogP contribution in [0, 0.1) is 6.92 Å². The zero-order chi connectivity index (χ0) is 13.1. The maximum Gasteiger partial charge on any atom is 0.337 e. The third kappa shape index (κ3) is 3.08. The maximum absolute atomic E-state index is 10.7. The molecule has 0 aliphatic heterocycles. The third-order valence-electron chi connectivity index (χ3n) is 2.19. The van der Waals surface area contributed by atoms with E-state index in [1.807, 2.05) is 19.1 Å². The molecule has 0 saturated carbocycles. The van der Waals surface area contributed by atoms with Gasteiger partial charge in [-0.2, -0.15) is 0 Å². The van der Waals surface area contributed by atoms with Crippen LogP contribution in [-0.2, 0) is 0 Å². The van der Waals surface area contributed by atoms with E-state index in [0.717, 1.165) is 15.2 Å².